The third-order valence-corrected chi connectivity index (χ3v) is 6.64. The molecule has 0 aliphatic carbocycles. The van der Waals surface area contributed by atoms with Gasteiger partial charge in [0.15, 0.2) is 0 Å². The van der Waals surface area contributed by atoms with Crippen molar-refractivity contribution in [3.8, 4) is 17.9 Å². The van der Waals surface area contributed by atoms with Crippen LogP contribution in [0.5, 0.6) is 5.75 Å². The summed E-state index contributed by atoms with van der Waals surface area (Å²) in [5.74, 6) is 0.193. The van der Waals surface area contributed by atoms with Crippen LogP contribution in [0.25, 0.3) is 6.08 Å². The number of ether oxygens (including phenoxy) is 1. The lowest BCUT2D eigenvalue weighted by atomic mass is 10.1. The summed E-state index contributed by atoms with van der Waals surface area (Å²) in [4.78, 5) is 26.8. The molecule has 1 saturated heterocycles. The zero-order chi connectivity index (χ0) is 24.1. The second-order valence-electron chi connectivity index (χ2n) is 7.28. The second kappa shape index (κ2) is 10.4. The molecule has 166 valence electrons. The van der Waals surface area contributed by atoms with Gasteiger partial charge < -0.3 is 4.74 Å². The molecule has 0 atom stereocenters. The van der Waals surface area contributed by atoms with Crippen LogP contribution in [0, 0.1) is 22.7 Å². The fourth-order valence-corrected chi connectivity index (χ4v) is 4.71. The van der Waals surface area contributed by atoms with E-state index in [9.17, 15) is 20.1 Å². The van der Waals surface area contributed by atoms with Gasteiger partial charge in [0.25, 0.3) is 11.1 Å². The fourth-order valence-electron chi connectivity index (χ4n) is 3.36. The van der Waals surface area contributed by atoms with Crippen LogP contribution in [0.2, 0.25) is 0 Å². The number of rotatable bonds is 6. The van der Waals surface area contributed by atoms with E-state index in [4.69, 9.17) is 4.74 Å². The topological polar surface area (TPSA) is 94.2 Å². The van der Waals surface area contributed by atoms with E-state index in [1.165, 1.54) is 0 Å². The molecule has 1 fully saturated rings. The maximum atomic E-state index is 12.9. The molecule has 0 aromatic heterocycles. The van der Waals surface area contributed by atoms with E-state index in [-0.39, 0.29) is 18.4 Å². The van der Waals surface area contributed by atoms with Crippen molar-refractivity contribution in [2.24, 2.45) is 0 Å². The normalized spacial score (nSPS) is 14.2. The SMILES string of the molecule is N#Cc1ccccc1COc1ccc(/C=C2/SC(=O)N(Cc3ccccc3C#N)C2=O)cc1Br. The summed E-state index contributed by atoms with van der Waals surface area (Å²) in [6.45, 7) is 0.289. The first-order valence-corrected chi connectivity index (χ1v) is 11.7. The number of carbonyl (C=O) groups is 2. The van der Waals surface area contributed by atoms with E-state index in [2.05, 4.69) is 28.1 Å². The molecule has 1 aliphatic rings. The van der Waals surface area contributed by atoms with Gasteiger partial charge in [-0.3, -0.25) is 14.5 Å². The largest absolute Gasteiger partial charge is 0.488 e. The summed E-state index contributed by atoms with van der Waals surface area (Å²) in [6, 6.07) is 23.7. The number of halogens is 1. The number of amides is 2. The molecular weight excluding hydrogens is 514 g/mol. The molecule has 1 heterocycles. The van der Waals surface area contributed by atoms with Gasteiger partial charge in [-0.15, -0.1) is 0 Å². The van der Waals surface area contributed by atoms with Gasteiger partial charge >= 0.3 is 0 Å². The highest BCUT2D eigenvalue weighted by Crippen LogP contribution is 2.35. The van der Waals surface area contributed by atoms with Gasteiger partial charge in [0.1, 0.15) is 12.4 Å². The van der Waals surface area contributed by atoms with Gasteiger partial charge in [0.2, 0.25) is 0 Å². The third kappa shape index (κ3) is 5.04. The summed E-state index contributed by atoms with van der Waals surface area (Å²) < 4.78 is 6.53. The minimum atomic E-state index is -0.396. The first-order valence-electron chi connectivity index (χ1n) is 10.1. The van der Waals surface area contributed by atoms with Crippen LogP contribution in [0.15, 0.2) is 76.1 Å². The molecule has 0 N–H and O–H groups in total. The maximum Gasteiger partial charge on any atom is 0.293 e. The van der Waals surface area contributed by atoms with Gasteiger partial charge in [-0.2, -0.15) is 10.5 Å². The minimum Gasteiger partial charge on any atom is -0.488 e. The number of nitrogens with zero attached hydrogens (tertiary/aromatic N) is 3. The zero-order valence-electron chi connectivity index (χ0n) is 17.7. The lowest BCUT2D eigenvalue weighted by Crippen LogP contribution is -2.27. The molecule has 0 spiro atoms. The van der Waals surface area contributed by atoms with Crippen LogP contribution in [0.4, 0.5) is 4.79 Å². The average molecular weight is 530 g/mol. The Balaban J connectivity index is 1.48. The standard InChI is InChI=1S/C26H16BrN3O3S/c27-22-11-17(9-10-23(22)33-16-21-8-4-2-6-19(21)14-29)12-24-25(31)30(26(32)34-24)15-20-7-3-1-5-18(20)13-28/h1-12H,15-16H2/b24-12+. The van der Waals surface area contributed by atoms with Gasteiger partial charge in [-0.25, -0.2) is 0 Å². The maximum absolute atomic E-state index is 12.9. The smallest absolute Gasteiger partial charge is 0.293 e. The quantitative estimate of drug-likeness (QED) is 0.363. The Labute approximate surface area is 209 Å². The Kier molecular flexibility index (Phi) is 7.12. The zero-order valence-corrected chi connectivity index (χ0v) is 20.1. The predicted molar refractivity (Wildman–Crippen MR) is 132 cm³/mol. The molecule has 1 aliphatic heterocycles. The fraction of sp³-hybridized carbons (Fsp3) is 0.0769. The number of hydrogen-bond donors (Lipinski definition) is 0. The van der Waals surface area contributed by atoms with E-state index in [1.54, 1.807) is 60.7 Å². The molecular formula is C26H16BrN3O3S. The van der Waals surface area contributed by atoms with E-state index < -0.39 is 5.91 Å². The Morgan fingerprint density at radius 3 is 2.26 bits per heavy atom. The predicted octanol–water partition coefficient (Wildman–Crippen LogP) is 6.01. The summed E-state index contributed by atoms with van der Waals surface area (Å²) in [6.07, 6.45) is 1.65. The summed E-state index contributed by atoms with van der Waals surface area (Å²) in [5.41, 5.74) is 3.12. The second-order valence-corrected chi connectivity index (χ2v) is 9.13. The van der Waals surface area contributed by atoms with E-state index >= 15 is 0 Å². The van der Waals surface area contributed by atoms with Gasteiger partial charge in [-0.05, 0) is 69.2 Å². The highest BCUT2D eigenvalue weighted by atomic mass is 79.9. The van der Waals surface area contributed by atoms with Crippen molar-refractivity contribution in [2.75, 3.05) is 0 Å². The average Bonchev–Trinajstić information content (AvgIpc) is 3.11. The molecule has 0 unspecified atom stereocenters. The highest BCUT2D eigenvalue weighted by Gasteiger charge is 2.35. The first-order chi connectivity index (χ1) is 16.5. The van der Waals surface area contributed by atoms with Crippen molar-refractivity contribution in [1.29, 1.82) is 10.5 Å². The third-order valence-electron chi connectivity index (χ3n) is 5.11. The lowest BCUT2D eigenvalue weighted by molar-refractivity contribution is -0.123. The Morgan fingerprint density at radius 2 is 1.59 bits per heavy atom. The van der Waals surface area contributed by atoms with Gasteiger partial charge in [0, 0.05) is 5.56 Å². The van der Waals surface area contributed by atoms with Crippen LogP contribution in [0.3, 0.4) is 0 Å². The van der Waals surface area contributed by atoms with Crippen molar-refractivity contribution in [3.05, 3.63) is 104 Å². The van der Waals surface area contributed by atoms with E-state index in [0.29, 0.717) is 31.8 Å². The lowest BCUT2D eigenvalue weighted by Gasteiger charge is -2.13. The molecule has 3 aromatic carbocycles. The monoisotopic (exact) mass is 529 g/mol. The molecule has 0 bridgehead atoms. The Morgan fingerprint density at radius 1 is 0.941 bits per heavy atom. The molecule has 34 heavy (non-hydrogen) atoms. The molecule has 8 heteroatoms. The number of benzene rings is 3. The highest BCUT2D eigenvalue weighted by molar-refractivity contribution is 9.10. The molecule has 4 rings (SSSR count). The van der Waals surface area contributed by atoms with Crippen molar-refractivity contribution >= 4 is 44.9 Å². The Hall–Kier alpha value is -3.85. The number of carbonyl (C=O) groups excluding carboxylic acids is 2. The molecule has 3 aromatic rings. The van der Waals surface area contributed by atoms with Crippen LogP contribution in [0.1, 0.15) is 27.8 Å². The number of imide groups is 1. The summed E-state index contributed by atoms with van der Waals surface area (Å²) in [5, 5.41) is 18.1. The minimum absolute atomic E-state index is 0.0480. The van der Waals surface area contributed by atoms with E-state index in [1.807, 2.05) is 12.1 Å². The van der Waals surface area contributed by atoms with Gasteiger partial charge in [-0.1, -0.05) is 42.5 Å². The van der Waals surface area contributed by atoms with Crippen LogP contribution < -0.4 is 4.74 Å². The van der Waals surface area contributed by atoms with Crippen molar-refractivity contribution < 1.29 is 14.3 Å². The molecule has 0 saturated carbocycles. The molecule has 2 amide bonds. The van der Waals surface area contributed by atoms with Crippen molar-refractivity contribution in [2.45, 2.75) is 13.2 Å². The van der Waals surface area contributed by atoms with Gasteiger partial charge in [0.05, 0.1) is 39.2 Å². The first kappa shape index (κ1) is 23.3. The van der Waals surface area contributed by atoms with Crippen LogP contribution >= 0.6 is 27.7 Å². The van der Waals surface area contributed by atoms with Crippen molar-refractivity contribution in [3.63, 3.8) is 0 Å². The van der Waals surface area contributed by atoms with Crippen LogP contribution in [-0.2, 0) is 17.9 Å². The number of thioether (sulfide) groups is 1. The molecule has 6 nitrogen and oxygen atoms in total. The van der Waals surface area contributed by atoms with Crippen LogP contribution in [-0.4, -0.2) is 16.0 Å². The Bertz CT molecular complexity index is 1400. The summed E-state index contributed by atoms with van der Waals surface area (Å²) in [7, 11) is 0. The summed E-state index contributed by atoms with van der Waals surface area (Å²) >= 11 is 4.36. The van der Waals surface area contributed by atoms with E-state index in [0.717, 1.165) is 27.8 Å². The number of nitriles is 2. The molecule has 0 radical (unpaired) electrons. The van der Waals surface area contributed by atoms with Crippen molar-refractivity contribution in [1.82, 2.24) is 4.90 Å². The number of hydrogen-bond acceptors (Lipinski definition) is 6.